The van der Waals surface area contributed by atoms with Gasteiger partial charge in [0.05, 0.1) is 19.0 Å². The molecule has 0 aliphatic heterocycles. The monoisotopic (exact) mass is 273 g/mol. The summed E-state index contributed by atoms with van der Waals surface area (Å²) in [6.45, 7) is 1.97. The first-order valence-electron chi connectivity index (χ1n) is 6.61. The normalized spacial score (nSPS) is 10.3. The number of amides is 1. The highest BCUT2D eigenvalue weighted by molar-refractivity contribution is 5.89. The van der Waals surface area contributed by atoms with Crippen molar-refractivity contribution in [2.75, 3.05) is 12.4 Å². The molecule has 0 spiro atoms. The van der Waals surface area contributed by atoms with Crippen LogP contribution in [0.1, 0.15) is 19.8 Å². The molecule has 2 aromatic rings. The van der Waals surface area contributed by atoms with Crippen LogP contribution in [0.4, 0.5) is 5.95 Å². The number of methoxy groups -OCH3 is 1. The van der Waals surface area contributed by atoms with Crippen LogP contribution >= 0.6 is 0 Å². The van der Waals surface area contributed by atoms with Gasteiger partial charge >= 0.3 is 0 Å². The molecular formula is C15H19N3O2. The van der Waals surface area contributed by atoms with Crippen LogP contribution in [0.3, 0.4) is 0 Å². The molecule has 0 fully saturated rings. The third kappa shape index (κ3) is 2.99. The van der Waals surface area contributed by atoms with Crippen molar-refractivity contribution in [3.8, 4) is 17.0 Å². The van der Waals surface area contributed by atoms with E-state index in [1.165, 1.54) is 0 Å². The van der Waals surface area contributed by atoms with E-state index in [1.807, 2.05) is 42.8 Å². The maximum Gasteiger partial charge on any atom is 0.226 e. The van der Waals surface area contributed by atoms with Crippen LogP contribution in [0.2, 0.25) is 0 Å². The quantitative estimate of drug-likeness (QED) is 0.911. The lowest BCUT2D eigenvalue weighted by Crippen LogP contribution is -2.14. The molecule has 0 unspecified atom stereocenters. The summed E-state index contributed by atoms with van der Waals surface area (Å²) < 4.78 is 7.01. The van der Waals surface area contributed by atoms with Gasteiger partial charge in [-0.25, -0.2) is 4.98 Å². The lowest BCUT2D eigenvalue weighted by Gasteiger charge is -2.07. The fourth-order valence-corrected chi connectivity index (χ4v) is 1.97. The van der Waals surface area contributed by atoms with Crippen molar-refractivity contribution in [1.82, 2.24) is 9.55 Å². The van der Waals surface area contributed by atoms with Gasteiger partial charge in [0, 0.05) is 19.0 Å². The van der Waals surface area contributed by atoms with E-state index in [9.17, 15) is 4.79 Å². The fraction of sp³-hybridized carbons (Fsp3) is 0.333. The average molecular weight is 273 g/mol. The molecule has 0 aliphatic carbocycles. The Morgan fingerprint density at radius 1 is 1.35 bits per heavy atom. The topological polar surface area (TPSA) is 56.1 Å². The standard InChI is InChI=1S/C15H19N3O2/c1-4-5-14(19)17-15-16-10-13(18(15)2)11-6-8-12(20-3)9-7-11/h6-10H,4-5H2,1-3H3,(H,16,17,19). The second kappa shape index (κ2) is 6.23. The van der Waals surface area contributed by atoms with Crippen LogP contribution in [0, 0.1) is 0 Å². The van der Waals surface area contributed by atoms with Gasteiger partial charge in [-0.15, -0.1) is 0 Å². The first-order chi connectivity index (χ1) is 9.65. The van der Waals surface area contributed by atoms with Crippen molar-refractivity contribution in [2.45, 2.75) is 19.8 Å². The minimum atomic E-state index is -0.0116. The zero-order valence-electron chi connectivity index (χ0n) is 12.0. The maximum absolute atomic E-state index is 11.6. The van der Waals surface area contributed by atoms with Gasteiger partial charge < -0.3 is 9.30 Å². The third-order valence-corrected chi connectivity index (χ3v) is 3.10. The van der Waals surface area contributed by atoms with Crippen LogP contribution in [-0.2, 0) is 11.8 Å². The number of hydrogen-bond donors (Lipinski definition) is 1. The molecular weight excluding hydrogens is 254 g/mol. The zero-order chi connectivity index (χ0) is 14.5. The van der Waals surface area contributed by atoms with Crippen LogP contribution in [0.25, 0.3) is 11.3 Å². The Hall–Kier alpha value is -2.30. The SMILES string of the molecule is CCCC(=O)Nc1ncc(-c2ccc(OC)cc2)n1C. The number of ether oxygens (including phenoxy) is 1. The van der Waals surface area contributed by atoms with Crippen LogP contribution in [-0.4, -0.2) is 22.6 Å². The summed E-state index contributed by atoms with van der Waals surface area (Å²) in [6.07, 6.45) is 3.08. The summed E-state index contributed by atoms with van der Waals surface area (Å²) in [6, 6.07) is 7.73. The number of nitrogens with one attached hydrogen (secondary N) is 1. The molecule has 2 rings (SSSR count). The van der Waals surface area contributed by atoms with Crippen molar-refractivity contribution in [2.24, 2.45) is 7.05 Å². The third-order valence-electron chi connectivity index (χ3n) is 3.10. The van der Waals surface area contributed by atoms with Crippen LogP contribution in [0.15, 0.2) is 30.5 Å². The van der Waals surface area contributed by atoms with Gasteiger partial charge in [0.25, 0.3) is 0 Å². The molecule has 106 valence electrons. The Morgan fingerprint density at radius 3 is 2.65 bits per heavy atom. The molecule has 0 saturated heterocycles. The molecule has 1 N–H and O–H groups in total. The second-order valence-electron chi connectivity index (χ2n) is 4.55. The Kier molecular flexibility index (Phi) is 4.40. The number of benzene rings is 1. The molecule has 5 heteroatoms. The number of nitrogens with zero attached hydrogens (tertiary/aromatic N) is 2. The van der Waals surface area contributed by atoms with Gasteiger partial charge in [-0.2, -0.15) is 0 Å². The molecule has 1 aromatic heterocycles. The molecule has 5 nitrogen and oxygen atoms in total. The van der Waals surface area contributed by atoms with Gasteiger partial charge in [0.2, 0.25) is 11.9 Å². The highest BCUT2D eigenvalue weighted by atomic mass is 16.5. The summed E-state index contributed by atoms with van der Waals surface area (Å²) in [5.41, 5.74) is 1.97. The number of anilines is 1. The molecule has 0 atom stereocenters. The number of hydrogen-bond acceptors (Lipinski definition) is 3. The molecule has 0 aliphatic rings. The summed E-state index contributed by atoms with van der Waals surface area (Å²) in [7, 11) is 3.52. The number of rotatable bonds is 5. The zero-order valence-corrected chi connectivity index (χ0v) is 12.0. The number of carbonyl (C=O) groups excluding carboxylic acids is 1. The Bertz CT molecular complexity index is 588. The van der Waals surface area contributed by atoms with E-state index in [4.69, 9.17) is 4.74 Å². The van der Waals surface area contributed by atoms with E-state index in [1.54, 1.807) is 13.3 Å². The van der Waals surface area contributed by atoms with Gasteiger partial charge in [0.1, 0.15) is 5.75 Å². The molecule has 0 bridgehead atoms. The van der Waals surface area contributed by atoms with E-state index in [0.29, 0.717) is 12.4 Å². The lowest BCUT2D eigenvalue weighted by atomic mass is 10.1. The predicted molar refractivity (Wildman–Crippen MR) is 78.7 cm³/mol. The van der Waals surface area contributed by atoms with Crippen molar-refractivity contribution in [3.63, 3.8) is 0 Å². The number of imidazole rings is 1. The predicted octanol–water partition coefficient (Wildman–Crippen LogP) is 2.83. The van der Waals surface area contributed by atoms with Crippen molar-refractivity contribution in [3.05, 3.63) is 30.5 Å². The number of aromatic nitrogens is 2. The highest BCUT2D eigenvalue weighted by Gasteiger charge is 2.10. The van der Waals surface area contributed by atoms with Gasteiger partial charge in [-0.3, -0.25) is 10.1 Å². The minimum Gasteiger partial charge on any atom is -0.497 e. The second-order valence-corrected chi connectivity index (χ2v) is 4.55. The van der Waals surface area contributed by atoms with Crippen molar-refractivity contribution >= 4 is 11.9 Å². The molecule has 1 aromatic carbocycles. The van der Waals surface area contributed by atoms with E-state index in [2.05, 4.69) is 10.3 Å². The van der Waals surface area contributed by atoms with E-state index < -0.39 is 0 Å². The summed E-state index contributed by atoms with van der Waals surface area (Å²) in [5, 5.41) is 2.81. The molecule has 0 saturated carbocycles. The van der Waals surface area contributed by atoms with Crippen LogP contribution < -0.4 is 10.1 Å². The Balaban J connectivity index is 2.21. The van der Waals surface area contributed by atoms with Crippen molar-refractivity contribution < 1.29 is 9.53 Å². The molecule has 0 radical (unpaired) electrons. The minimum absolute atomic E-state index is 0.0116. The van der Waals surface area contributed by atoms with Gasteiger partial charge in [-0.1, -0.05) is 6.92 Å². The first kappa shape index (κ1) is 14.1. The average Bonchev–Trinajstić information content (AvgIpc) is 2.81. The van der Waals surface area contributed by atoms with Crippen LogP contribution in [0.5, 0.6) is 5.75 Å². The summed E-state index contributed by atoms with van der Waals surface area (Å²) >= 11 is 0. The first-order valence-corrected chi connectivity index (χ1v) is 6.61. The van der Waals surface area contributed by atoms with E-state index in [0.717, 1.165) is 23.4 Å². The van der Waals surface area contributed by atoms with E-state index in [-0.39, 0.29) is 5.91 Å². The smallest absolute Gasteiger partial charge is 0.226 e. The van der Waals surface area contributed by atoms with Gasteiger partial charge in [-0.05, 0) is 30.7 Å². The number of carbonyl (C=O) groups is 1. The molecule has 20 heavy (non-hydrogen) atoms. The molecule has 1 amide bonds. The largest absolute Gasteiger partial charge is 0.497 e. The molecule has 1 heterocycles. The Morgan fingerprint density at radius 2 is 2.05 bits per heavy atom. The highest BCUT2D eigenvalue weighted by Crippen LogP contribution is 2.24. The maximum atomic E-state index is 11.6. The lowest BCUT2D eigenvalue weighted by molar-refractivity contribution is -0.116. The Labute approximate surface area is 118 Å². The van der Waals surface area contributed by atoms with Gasteiger partial charge in [0.15, 0.2) is 0 Å². The van der Waals surface area contributed by atoms with E-state index >= 15 is 0 Å². The fourth-order valence-electron chi connectivity index (χ4n) is 1.97. The summed E-state index contributed by atoms with van der Waals surface area (Å²) in [4.78, 5) is 15.9. The van der Waals surface area contributed by atoms with Crippen molar-refractivity contribution in [1.29, 1.82) is 0 Å². The summed E-state index contributed by atoms with van der Waals surface area (Å²) in [5.74, 6) is 1.36.